The maximum absolute atomic E-state index is 12.6. The van der Waals surface area contributed by atoms with Gasteiger partial charge in [-0.2, -0.15) is 0 Å². The smallest absolute Gasteiger partial charge is 0.276 e. The molecule has 0 aliphatic carbocycles. The zero-order valence-electron chi connectivity index (χ0n) is 13.2. The Labute approximate surface area is 130 Å². The van der Waals surface area contributed by atoms with E-state index in [1.165, 1.54) is 0 Å². The van der Waals surface area contributed by atoms with E-state index < -0.39 is 0 Å². The first-order chi connectivity index (χ1) is 10.6. The van der Waals surface area contributed by atoms with E-state index in [1.54, 1.807) is 4.68 Å². The summed E-state index contributed by atoms with van der Waals surface area (Å²) in [5.41, 5.74) is 2.49. The van der Waals surface area contributed by atoms with Crippen molar-refractivity contribution in [2.24, 2.45) is 5.92 Å². The lowest BCUT2D eigenvalue weighted by Gasteiger charge is -2.29. The Morgan fingerprint density at radius 2 is 1.91 bits per heavy atom. The third-order valence-corrected chi connectivity index (χ3v) is 4.43. The first kappa shape index (κ1) is 14.8. The SMILES string of the molecule is Cc1c(C(=O)N2CCC(C)CC2)nnn1Cc1ccccc1. The minimum absolute atomic E-state index is 0.0173. The number of hydrogen-bond acceptors (Lipinski definition) is 3. The molecule has 1 amide bonds. The molecule has 0 spiro atoms. The van der Waals surface area contributed by atoms with Gasteiger partial charge in [-0.3, -0.25) is 4.79 Å². The van der Waals surface area contributed by atoms with Crippen molar-refractivity contribution >= 4 is 5.91 Å². The fourth-order valence-electron chi connectivity index (χ4n) is 2.83. The van der Waals surface area contributed by atoms with Crippen molar-refractivity contribution in [1.82, 2.24) is 19.9 Å². The van der Waals surface area contributed by atoms with E-state index >= 15 is 0 Å². The van der Waals surface area contributed by atoms with Gasteiger partial charge in [-0.25, -0.2) is 4.68 Å². The molecule has 1 aliphatic rings. The molecular formula is C17H22N4O. The van der Waals surface area contributed by atoms with E-state index in [4.69, 9.17) is 0 Å². The van der Waals surface area contributed by atoms with E-state index in [-0.39, 0.29) is 5.91 Å². The highest BCUT2D eigenvalue weighted by molar-refractivity contribution is 5.93. The number of amides is 1. The Kier molecular flexibility index (Phi) is 4.22. The topological polar surface area (TPSA) is 51.0 Å². The number of likely N-dealkylation sites (tertiary alicyclic amines) is 1. The summed E-state index contributed by atoms with van der Waals surface area (Å²) in [7, 11) is 0. The minimum Gasteiger partial charge on any atom is -0.337 e. The largest absolute Gasteiger partial charge is 0.337 e. The van der Waals surface area contributed by atoms with Gasteiger partial charge in [0.25, 0.3) is 5.91 Å². The lowest BCUT2D eigenvalue weighted by molar-refractivity contribution is 0.0690. The number of carbonyl (C=O) groups excluding carboxylic acids is 1. The molecule has 5 nitrogen and oxygen atoms in total. The van der Waals surface area contributed by atoms with Crippen LogP contribution in [0, 0.1) is 12.8 Å². The predicted molar refractivity (Wildman–Crippen MR) is 84.6 cm³/mol. The van der Waals surface area contributed by atoms with Crippen LogP contribution in [-0.2, 0) is 6.54 Å². The second-order valence-electron chi connectivity index (χ2n) is 6.14. The molecule has 22 heavy (non-hydrogen) atoms. The maximum Gasteiger partial charge on any atom is 0.276 e. The van der Waals surface area contributed by atoms with Crippen LogP contribution in [-0.4, -0.2) is 38.9 Å². The Morgan fingerprint density at radius 1 is 1.23 bits per heavy atom. The molecule has 0 unspecified atom stereocenters. The molecular weight excluding hydrogens is 276 g/mol. The number of hydrogen-bond donors (Lipinski definition) is 0. The zero-order valence-corrected chi connectivity index (χ0v) is 13.2. The highest BCUT2D eigenvalue weighted by Gasteiger charge is 2.25. The first-order valence-electron chi connectivity index (χ1n) is 7.88. The maximum atomic E-state index is 12.6. The Morgan fingerprint density at radius 3 is 2.59 bits per heavy atom. The molecule has 3 rings (SSSR count). The van der Waals surface area contributed by atoms with Gasteiger partial charge in [-0.05, 0) is 31.2 Å². The second kappa shape index (κ2) is 6.30. The molecule has 0 saturated carbocycles. The van der Waals surface area contributed by atoms with Crippen LogP contribution >= 0.6 is 0 Å². The van der Waals surface area contributed by atoms with Gasteiger partial charge >= 0.3 is 0 Å². The molecule has 0 bridgehead atoms. The molecule has 5 heteroatoms. The van der Waals surface area contributed by atoms with Gasteiger partial charge in [0, 0.05) is 13.1 Å². The van der Waals surface area contributed by atoms with Crippen molar-refractivity contribution in [1.29, 1.82) is 0 Å². The van der Waals surface area contributed by atoms with Crippen molar-refractivity contribution < 1.29 is 4.79 Å². The summed E-state index contributed by atoms with van der Waals surface area (Å²) in [6.45, 7) is 6.45. The van der Waals surface area contributed by atoms with E-state index in [9.17, 15) is 4.79 Å². The monoisotopic (exact) mass is 298 g/mol. The average Bonchev–Trinajstić information content (AvgIpc) is 2.89. The summed E-state index contributed by atoms with van der Waals surface area (Å²) >= 11 is 0. The molecule has 2 heterocycles. The Hall–Kier alpha value is -2.17. The highest BCUT2D eigenvalue weighted by Crippen LogP contribution is 2.18. The van der Waals surface area contributed by atoms with Gasteiger partial charge in [0.2, 0.25) is 0 Å². The molecule has 1 aromatic heterocycles. The van der Waals surface area contributed by atoms with Gasteiger partial charge in [-0.1, -0.05) is 42.5 Å². The number of rotatable bonds is 3. The third-order valence-electron chi connectivity index (χ3n) is 4.43. The fraction of sp³-hybridized carbons (Fsp3) is 0.471. The van der Waals surface area contributed by atoms with Gasteiger partial charge in [0.05, 0.1) is 12.2 Å². The molecule has 0 atom stereocenters. The molecule has 0 N–H and O–H groups in total. The first-order valence-corrected chi connectivity index (χ1v) is 7.88. The van der Waals surface area contributed by atoms with Crippen LogP contribution < -0.4 is 0 Å². The number of aromatic nitrogens is 3. The summed E-state index contributed by atoms with van der Waals surface area (Å²) in [4.78, 5) is 14.5. The van der Waals surface area contributed by atoms with Crippen LogP contribution in [0.15, 0.2) is 30.3 Å². The summed E-state index contributed by atoms with van der Waals surface area (Å²) in [6.07, 6.45) is 2.14. The fourth-order valence-corrected chi connectivity index (χ4v) is 2.83. The van der Waals surface area contributed by atoms with E-state index in [0.717, 1.165) is 37.2 Å². The summed E-state index contributed by atoms with van der Waals surface area (Å²) in [5.74, 6) is 0.725. The van der Waals surface area contributed by atoms with Gasteiger partial charge in [-0.15, -0.1) is 5.10 Å². The predicted octanol–water partition coefficient (Wildman–Crippen LogP) is 2.51. The van der Waals surface area contributed by atoms with Gasteiger partial charge in [0.15, 0.2) is 5.69 Å². The molecule has 2 aromatic rings. The number of nitrogens with zero attached hydrogens (tertiary/aromatic N) is 4. The van der Waals surface area contributed by atoms with Crippen molar-refractivity contribution in [3.05, 3.63) is 47.3 Å². The van der Waals surface area contributed by atoms with Crippen LogP contribution in [0.3, 0.4) is 0 Å². The zero-order chi connectivity index (χ0) is 15.5. The van der Waals surface area contributed by atoms with E-state index in [1.807, 2.05) is 30.0 Å². The Balaban J connectivity index is 1.74. The van der Waals surface area contributed by atoms with Crippen LogP contribution in [0.25, 0.3) is 0 Å². The summed E-state index contributed by atoms with van der Waals surface area (Å²) < 4.78 is 1.80. The van der Waals surface area contributed by atoms with Crippen molar-refractivity contribution in [3.8, 4) is 0 Å². The average molecular weight is 298 g/mol. The van der Waals surface area contributed by atoms with Gasteiger partial charge in [0.1, 0.15) is 0 Å². The quantitative estimate of drug-likeness (QED) is 0.875. The summed E-state index contributed by atoms with van der Waals surface area (Å²) in [6, 6.07) is 10.1. The lowest BCUT2D eigenvalue weighted by atomic mass is 9.99. The third kappa shape index (κ3) is 3.03. The summed E-state index contributed by atoms with van der Waals surface area (Å²) in [5, 5.41) is 8.29. The number of piperidine rings is 1. The molecule has 116 valence electrons. The van der Waals surface area contributed by atoms with Crippen molar-refractivity contribution in [3.63, 3.8) is 0 Å². The van der Waals surface area contributed by atoms with Crippen LogP contribution in [0.1, 0.15) is 41.5 Å². The normalized spacial score (nSPS) is 16.0. The molecule has 1 saturated heterocycles. The number of carbonyl (C=O) groups is 1. The minimum atomic E-state index is 0.0173. The lowest BCUT2D eigenvalue weighted by Crippen LogP contribution is -2.38. The second-order valence-corrected chi connectivity index (χ2v) is 6.14. The van der Waals surface area contributed by atoms with Crippen LogP contribution in [0.4, 0.5) is 0 Å². The van der Waals surface area contributed by atoms with Crippen molar-refractivity contribution in [2.45, 2.75) is 33.2 Å². The highest BCUT2D eigenvalue weighted by atomic mass is 16.2. The molecule has 0 radical (unpaired) electrons. The molecule has 1 fully saturated rings. The van der Waals surface area contributed by atoms with E-state index in [2.05, 4.69) is 29.4 Å². The van der Waals surface area contributed by atoms with Gasteiger partial charge < -0.3 is 4.90 Å². The van der Waals surface area contributed by atoms with E-state index in [0.29, 0.717) is 18.2 Å². The molecule has 1 aromatic carbocycles. The number of benzene rings is 1. The van der Waals surface area contributed by atoms with Crippen molar-refractivity contribution in [2.75, 3.05) is 13.1 Å². The van der Waals surface area contributed by atoms with Crippen LogP contribution in [0.5, 0.6) is 0 Å². The Bertz CT molecular complexity index is 642. The standard InChI is InChI=1S/C17H22N4O/c1-13-8-10-20(11-9-13)17(22)16-14(2)21(19-18-16)12-15-6-4-3-5-7-15/h3-7,13H,8-12H2,1-2H3. The van der Waals surface area contributed by atoms with Crippen LogP contribution in [0.2, 0.25) is 0 Å². The molecule has 1 aliphatic heterocycles.